The normalized spacial score (nSPS) is 15.8. The van der Waals surface area contributed by atoms with Gasteiger partial charge in [0.15, 0.2) is 0 Å². The zero-order valence-corrected chi connectivity index (χ0v) is 15.9. The van der Waals surface area contributed by atoms with Crippen molar-refractivity contribution < 1.29 is 9.53 Å². The first-order valence-electron chi connectivity index (χ1n) is 9.21. The minimum Gasteiger partial charge on any atom is -0.496 e. The van der Waals surface area contributed by atoms with Gasteiger partial charge in [0.1, 0.15) is 11.6 Å². The number of amides is 1. The lowest BCUT2D eigenvalue weighted by atomic mass is 9.95. The van der Waals surface area contributed by atoms with Crippen molar-refractivity contribution in [3.8, 4) is 5.75 Å². The van der Waals surface area contributed by atoms with E-state index in [1.54, 1.807) is 7.11 Å². The topological polar surface area (TPSA) is 55.3 Å². The first kappa shape index (κ1) is 17.0. The molecular formula is C21H25N3O2. The Morgan fingerprint density at radius 2 is 1.85 bits per heavy atom. The Morgan fingerprint density at radius 1 is 1.12 bits per heavy atom. The largest absolute Gasteiger partial charge is 0.496 e. The summed E-state index contributed by atoms with van der Waals surface area (Å²) in [4.78, 5) is 24.2. The van der Waals surface area contributed by atoms with E-state index >= 15 is 0 Å². The van der Waals surface area contributed by atoms with Gasteiger partial charge in [-0.05, 0) is 42.5 Å². The van der Waals surface area contributed by atoms with E-state index in [-0.39, 0.29) is 11.3 Å². The van der Waals surface area contributed by atoms with Crippen LogP contribution in [0.4, 0.5) is 0 Å². The molecule has 0 saturated heterocycles. The van der Waals surface area contributed by atoms with Crippen LogP contribution < -0.4 is 4.74 Å². The zero-order valence-electron chi connectivity index (χ0n) is 15.9. The molecule has 1 aromatic carbocycles. The highest BCUT2D eigenvalue weighted by molar-refractivity contribution is 5.97. The minimum atomic E-state index is -0.102. The average Bonchev–Trinajstić information content (AvgIpc) is 3.24. The van der Waals surface area contributed by atoms with Gasteiger partial charge in [-0.25, -0.2) is 9.97 Å². The van der Waals surface area contributed by atoms with E-state index in [4.69, 9.17) is 9.72 Å². The summed E-state index contributed by atoms with van der Waals surface area (Å²) >= 11 is 0. The Hall–Kier alpha value is -2.43. The summed E-state index contributed by atoms with van der Waals surface area (Å²) in [5.74, 6) is 1.50. The number of hydrogen-bond acceptors (Lipinski definition) is 4. The highest BCUT2D eigenvalue weighted by Gasteiger charge is 2.30. The van der Waals surface area contributed by atoms with E-state index < -0.39 is 0 Å². The second kappa shape index (κ2) is 6.08. The SMILES string of the molecule is COc1cc2c(cc1C(=O)N1Cc3cnc(C(C)(C)C)nc3C1)CCC2. The second-order valence-electron chi connectivity index (χ2n) is 8.25. The number of aromatic nitrogens is 2. The van der Waals surface area contributed by atoms with Crippen molar-refractivity contribution in [1.82, 2.24) is 14.9 Å². The quantitative estimate of drug-likeness (QED) is 0.832. The number of carbonyl (C=O) groups excluding carboxylic acids is 1. The maximum atomic E-state index is 13.2. The van der Waals surface area contributed by atoms with Gasteiger partial charge in [-0.1, -0.05) is 20.8 Å². The Morgan fingerprint density at radius 3 is 2.54 bits per heavy atom. The molecule has 0 fully saturated rings. The van der Waals surface area contributed by atoms with Crippen LogP contribution in [0.25, 0.3) is 0 Å². The standard InChI is InChI=1S/C21H25N3O2/c1-21(2,3)20-22-10-15-11-24(12-17(15)23-20)19(25)16-8-13-6-5-7-14(13)9-18(16)26-4/h8-10H,5-7,11-12H2,1-4H3. The number of aryl methyl sites for hydroxylation is 2. The van der Waals surface area contributed by atoms with Crippen LogP contribution in [0, 0.1) is 0 Å². The van der Waals surface area contributed by atoms with Gasteiger partial charge in [-0.15, -0.1) is 0 Å². The molecule has 136 valence electrons. The molecule has 0 radical (unpaired) electrons. The van der Waals surface area contributed by atoms with Crippen molar-refractivity contribution in [3.63, 3.8) is 0 Å². The van der Waals surface area contributed by atoms with Crippen LogP contribution in [0.3, 0.4) is 0 Å². The molecule has 0 spiro atoms. The van der Waals surface area contributed by atoms with E-state index in [9.17, 15) is 4.79 Å². The zero-order chi connectivity index (χ0) is 18.5. The van der Waals surface area contributed by atoms with Crippen molar-refractivity contribution in [3.05, 3.63) is 52.1 Å². The van der Waals surface area contributed by atoms with Gasteiger partial charge < -0.3 is 9.64 Å². The highest BCUT2D eigenvalue weighted by Crippen LogP contribution is 2.32. The van der Waals surface area contributed by atoms with Crippen LogP contribution in [0.1, 0.15) is 65.8 Å². The van der Waals surface area contributed by atoms with Crippen LogP contribution >= 0.6 is 0 Å². The summed E-state index contributed by atoms with van der Waals surface area (Å²) in [7, 11) is 1.63. The molecule has 1 aliphatic heterocycles. The molecule has 5 nitrogen and oxygen atoms in total. The Labute approximate surface area is 154 Å². The molecule has 1 aromatic heterocycles. The predicted molar refractivity (Wildman–Crippen MR) is 99.3 cm³/mol. The van der Waals surface area contributed by atoms with Crippen LogP contribution in [0.15, 0.2) is 18.3 Å². The van der Waals surface area contributed by atoms with Gasteiger partial charge >= 0.3 is 0 Å². The summed E-state index contributed by atoms with van der Waals surface area (Å²) in [6.07, 6.45) is 5.13. The van der Waals surface area contributed by atoms with E-state index in [1.165, 1.54) is 11.1 Å². The number of fused-ring (bicyclic) bond motifs is 2. The molecule has 2 heterocycles. The Bertz CT molecular complexity index is 884. The number of rotatable bonds is 2. The molecule has 0 N–H and O–H groups in total. The van der Waals surface area contributed by atoms with Crippen LogP contribution in [0.5, 0.6) is 5.75 Å². The lowest BCUT2D eigenvalue weighted by Gasteiger charge is -2.18. The fourth-order valence-electron chi connectivity index (χ4n) is 3.77. The second-order valence-corrected chi connectivity index (χ2v) is 8.25. The highest BCUT2D eigenvalue weighted by atomic mass is 16.5. The average molecular weight is 351 g/mol. The third-order valence-corrected chi connectivity index (χ3v) is 5.26. The number of methoxy groups -OCH3 is 1. The molecule has 0 saturated carbocycles. The molecule has 1 amide bonds. The molecule has 0 bridgehead atoms. The van der Waals surface area contributed by atoms with Crippen LogP contribution in [0.2, 0.25) is 0 Å². The van der Waals surface area contributed by atoms with E-state index in [2.05, 4.69) is 25.8 Å². The van der Waals surface area contributed by atoms with Crippen molar-refractivity contribution in [2.24, 2.45) is 0 Å². The molecule has 1 aliphatic carbocycles. The van der Waals surface area contributed by atoms with Crippen molar-refractivity contribution in [2.75, 3.05) is 7.11 Å². The molecule has 26 heavy (non-hydrogen) atoms. The smallest absolute Gasteiger partial charge is 0.258 e. The first-order valence-corrected chi connectivity index (χ1v) is 9.21. The number of benzene rings is 1. The van der Waals surface area contributed by atoms with Gasteiger partial charge in [-0.2, -0.15) is 0 Å². The van der Waals surface area contributed by atoms with Crippen molar-refractivity contribution in [2.45, 2.75) is 58.5 Å². The molecule has 2 aromatic rings. The van der Waals surface area contributed by atoms with E-state index in [0.29, 0.717) is 24.4 Å². The maximum Gasteiger partial charge on any atom is 0.258 e. The van der Waals surface area contributed by atoms with Gasteiger partial charge in [0, 0.05) is 23.7 Å². The molecular weight excluding hydrogens is 326 g/mol. The molecule has 4 rings (SSSR count). The molecule has 5 heteroatoms. The summed E-state index contributed by atoms with van der Waals surface area (Å²) in [5.41, 5.74) is 5.13. The predicted octanol–water partition coefficient (Wildman–Crippen LogP) is 3.43. The van der Waals surface area contributed by atoms with Gasteiger partial charge in [0.25, 0.3) is 5.91 Å². The lowest BCUT2D eigenvalue weighted by molar-refractivity contribution is 0.0747. The number of ether oxygens (including phenoxy) is 1. The van der Waals surface area contributed by atoms with Gasteiger partial charge in [0.2, 0.25) is 0 Å². The number of carbonyl (C=O) groups is 1. The van der Waals surface area contributed by atoms with Crippen molar-refractivity contribution >= 4 is 5.91 Å². The first-order chi connectivity index (χ1) is 12.4. The number of nitrogens with zero attached hydrogens (tertiary/aromatic N) is 3. The summed E-state index contributed by atoms with van der Waals surface area (Å²) in [6.45, 7) is 7.38. The fourth-order valence-corrected chi connectivity index (χ4v) is 3.77. The molecule has 0 atom stereocenters. The van der Waals surface area contributed by atoms with Crippen LogP contribution in [-0.2, 0) is 31.3 Å². The Kier molecular flexibility index (Phi) is 3.98. The van der Waals surface area contributed by atoms with Crippen LogP contribution in [-0.4, -0.2) is 27.9 Å². The third-order valence-electron chi connectivity index (χ3n) is 5.26. The molecule has 2 aliphatic rings. The maximum absolute atomic E-state index is 13.2. The minimum absolute atomic E-state index is 0.00635. The monoisotopic (exact) mass is 351 g/mol. The fraction of sp³-hybridized carbons (Fsp3) is 0.476. The van der Waals surface area contributed by atoms with Gasteiger partial charge in [-0.3, -0.25) is 4.79 Å². The summed E-state index contributed by atoms with van der Waals surface area (Å²) < 4.78 is 5.52. The number of hydrogen-bond donors (Lipinski definition) is 0. The van der Waals surface area contributed by atoms with E-state index in [0.717, 1.165) is 36.3 Å². The molecule has 0 unspecified atom stereocenters. The van der Waals surface area contributed by atoms with Crippen molar-refractivity contribution in [1.29, 1.82) is 0 Å². The van der Waals surface area contributed by atoms with Gasteiger partial charge in [0.05, 0.1) is 24.9 Å². The third kappa shape index (κ3) is 2.85. The lowest BCUT2D eigenvalue weighted by Crippen LogP contribution is -2.26. The van der Waals surface area contributed by atoms with E-state index in [1.807, 2.05) is 23.2 Å². The summed E-state index contributed by atoms with van der Waals surface area (Å²) in [5, 5.41) is 0. The summed E-state index contributed by atoms with van der Waals surface area (Å²) in [6, 6.07) is 4.06. The Balaban J connectivity index is 1.62.